The normalized spacial score (nSPS) is 16.9. The molecule has 1 unspecified atom stereocenters. The Bertz CT molecular complexity index is 730. The molecule has 1 amide bonds. The zero-order valence-corrected chi connectivity index (χ0v) is 12.5. The van der Waals surface area contributed by atoms with Crippen LogP contribution >= 0.6 is 0 Å². The van der Waals surface area contributed by atoms with Gasteiger partial charge in [0.1, 0.15) is 5.69 Å². The molecular formula is C17H18N2O2. The van der Waals surface area contributed by atoms with Gasteiger partial charge < -0.3 is 9.47 Å². The summed E-state index contributed by atoms with van der Waals surface area (Å²) in [5.74, 6) is -0.0815. The third-order valence-electron chi connectivity index (χ3n) is 4.06. The van der Waals surface area contributed by atoms with Crippen molar-refractivity contribution >= 4 is 17.4 Å². The standard InChI is InChI=1S/C17H18N2O2/c1-11-8-13-6-4-5-7-15(13)19(11)17(21)16-9-14(12(2)20)10-18(16)3/h4-7,9-11H,8H2,1-3H3. The highest BCUT2D eigenvalue weighted by molar-refractivity contribution is 6.08. The van der Waals surface area contributed by atoms with Gasteiger partial charge in [0, 0.05) is 30.5 Å². The molecule has 0 spiro atoms. The van der Waals surface area contributed by atoms with E-state index in [-0.39, 0.29) is 17.7 Å². The SMILES string of the molecule is CC(=O)c1cc(C(=O)N2c3ccccc3CC2C)n(C)c1. The lowest BCUT2D eigenvalue weighted by Crippen LogP contribution is -2.36. The minimum Gasteiger partial charge on any atom is -0.346 e. The second-order valence-corrected chi connectivity index (χ2v) is 5.64. The van der Waals surface area contributed by atoms with Crippen LogP contribution in [-0.2, 0) is 13.5 Å². The summed E-state index contributed by atoms with van der Waals surface area (Å²) in [4.78, 5) is 26.2. The predicted octanol–water partition coefficient (Wildman–Crippen LogP) is 2.82. The molecule has 2 heterocycles. The first-order valence-corrected chi connectivity index (χ1v) is 7.08. The minimum absolute atomic E-state index is 0.0282. The molecule has 4 heteroatoms. The van der Waals surface area contributed by atoms with Crippen LogP contribution in [0.1, 0.15) is 40.3 Å². The van der Waals surface area contributed by atoms with Gasteiger partial charge in [-0.05, 0) is 38.0 Å². The van der Waals surface area contributed by atoms with Crippen LogP contribution in [0.25, 0.3) is 0 Å². The van der Waals surface area contributed by atoms with Crippen LogP contribution in [-0.4, -0.2) is 22.3 Å². The van der Waals surface area contributed by atoms with E-state index in [1.165, 1.54) is 12.5 Å². The highest BCUT2D eigenvalue weighted by Gasteiger charge is 2.32. The van der Waals surface area contributed by atoms with E-state index < -0.39 is 0 Å². The van der Waals surface area contributed by atoms with Crippen LogP contribution in [0.4, 0.5) is 5.69 Å². The van der Waals surface area contributed by atoms with Crippen LogP contribution in [0, 0.1) is 0 Å². The molecule has 21 heavy (non-hydrogen) atoms. The van der Waals surface area contributed by atoms with E-state index in [0.717, 1.165) is 12.1 Å². The van der Waals surface area contributed by atoms with E-state index in [1.807, 2.05) is 30.0 Å². The topological polar surface area (TPSA) is 42.3 Å². The van der Waals surface area contributed by atoms with Crippen LogP contribution in [0.3, 0.4) is 0 Å². The number of hydrogen-bond acceptors (Lipinski definition) is 2. The number of carbonyl (C=O) groups excluding carboxylic acids is 2. The summed E-state index contributed by atoms with van der Waals surface area (Å²) < 4.78 is 1.73. The van der Waals surface area contributed by atoms with Crippen molar-refractivity contribution in [2.24, 2.45) is 7.05 Å². The number of rotatable bonds is 2. The maximum atomic E-state index is 12.9. The fourth-order valence-electron chi connectivity index (χ4n) is 2.97. The molecule has 3 rings (SSSR count). The van der Waals surface area contributed by atoms with Crippen LogP contribution < -0.4 is 4.90 Å². The molecule has 1 aliphatic rings. The predicted molar refractivity (Wildman–Crippen MR) is 81.8 cm³/mol. The van der Waals surface area contributed by atoms with E-state index in [9.17, 15) is 9.59 Å². The van der Waals surface area contributed by atoms with E-state index >= 15 is 0 Å². The van der Waals surface area contributed by atoms with E-state index in [1.54, 1.807) is 23.9 Å². The quantitative estimate of drug-likeness (QED) is 0.795. The summed E-state index contributed by atoms with van der Waals surface area (Å²) in [5, 5.41) is 0. The van der Waals surface area contributed by atoms with Crippen LogP contribution in [0.15, 0.2) is 36.5 Å². The van der Waals surface area contributed by atoms with Crippen molar-refractivity contribution in [3.05, 3.63) is 53.3 Å². The average molecular weight is 282 g/mol. The largest absolute Gasteiger partial charge is 0.346 e. The van der Waals surface area contributed by atoms with Crippen molar-refractivity contribution in [1.29, 1.82) is 0 Å². The number of nitrogens with zero attached hydrogens (tertiary/aromatic N) is 2. The van der Waals surface area contributed by atoms with Crippen molar-refractivity contribution in [3.63, 3.8) is 0 Å². The number of hydrogen-bond donors (Lipinski definition) is 0. The first-order valence-electron chi connectivity index (χ1n) is 7.08. The van der Waals surface area contributed by atoms with Crippen LogP contribution in [0.5, 0.6) is 0 Å². The fraction of sp³-hybridized carbons (Fsp3) is 0.294. The van der Waals surface area contributed by atoms with Crippen molar-refractivity contribution in [1.82, 2.24) is 4.57 Å². The molecule has 4 nitrogen and oxygen atoms in total. The van der Waals surface area contributed by atoms with Gasteiger partial charge in [0.15, 0.2) is 5.78 Å². The summed E-state index contributed by atoms with van der Waals surface area (Å²) in [6.45, 7) is 3.56. The second kappa shape index (κ2) is 4.88. The van der Waals surface area contributed by atoms with Crippen molar-refractivity contribution in [2.45, 2.75) is 26.3 Å². The number of ketones is 1. The lowest BCUT2D eigenvalue weighted by molar-refractivity contribution is 0.0973. The Labute approximate surface area is 124 Å². The van der Waals surface area contributed by atoms with Gasteiger partial charge in [-0.3, -0.25) is 9.59 Å². The number of anilines is 1. The molecule has 0 aliphatic carbocycles. The molecule has 1 aliphatic heterocycles. The molecule has 108 valence electrons. The van der Waals surface area contributed by atoms with Crippen molar-refractivity contribution in [2.75, 3.05) is 4.90 Å². The summed E-state index contributed by atoms with van der Waals surface area (Å²) in [5.41, 5.74) is 3.28. The zero-order chi connectivity index (χ0) is 15.1. The number of fused-ring (bicyclic) bond motifs is 1. The number of amides is 1. The van der Waals surface area contributed by atoms with Gasteiger partial charge in [-0.25, -0.2) is 0 Å². The molecule has 1 aromatic carbocycles. The van der Waals surface area contributed by atoms with E-state index in [4.69, 9.17) is 0 Å². The van der Waals surface area contributed by atoms with Gasteiger partial charge in [0.2, 0.25) is 0 Å². The number of aryl methyl sites for hydroxylation is 1. The Kier molecular flexibility index (Phi) is 3.16. The van der Waals surface area contributed by atoms with Gasteiger partial charge in [-0.1, -0.05) is 18.2 Å². The van der Waals surface area contributed by atoms with Gasteiger partial charge in [-0.2, -0.15) is 0 Å². The lowest BCUT2D eigenvalue weighted by atomic mass is 10.1. The lowest BCUT2D eigenvalue weighted by Gasteiger charge is -2.22. The molecule has 0 bridgehead atoms. The third-order valence-corrected chi connectivity index (χ3v) is 4.06. The molecule has 0 radical (unpaired) electrons. The average Bonchev–Trinajstić information content (AvgIpc) is 2.97. The summed E-state index contributed by atoms with van der Waals surface area (Å²) in [6, 6.07) is 9.79. The number of aromatic nitrogens is 1. The number of para-hydroxylation sites is 1. The Morgan fingerprint density at radius 3 is 2.62 bits per heavy atom. The summed E-state index contributed by atoms with van der Waals surface area (Å²) in [6.07, 6.45) is 2.58. The smallest absolute Gasteiger partial charge is 0.275 e. The van der Waals surface area contributed by atoms with Crippen molar-refractivity contribution in [3.8, 4) is 0 Å². The second-order valence-electron chi connectivity index (χ2n) is 5.64. The molecule has 0 fully saturated rings. The zero-order valence-electron chi connectivity index (χ0n) is 12.5. The molecule has 0 saturated carbocycles. The first-order chi connectivity index (χ1) is 9.99. The van der Waals surface area contributed by atoms with Gasteiger partial charge in [-0.15, -0.1) is 0 Å². The Morgan fingerprint density at radius 1 is 1.24 bits per heavy atom. The molecule has 1 atom stereocenters. The first kappa shape index (κ1) is 13.6. The highest BCUT2D eigenvalue weighted by Crippen LogP contribution is 2.33. The Hall–Kier alpha value is -2.36. The molecule has 0 N–H and O–H groups in total. The number of benzene rings is 1. The molecular weight excluding hydrogens is 264 g/mol. The number of carbonyl (C=O) groups is 2. The molecule has 0 saturated heterocycles. The summed E-state index contributed by atoms with van der Waals surface area (Å²) in [7, 11) is 1.80. The third kappa shape index (κ3) is 2.17. The van der Waals surface area contributed by atoms with Crippen LogP contribution in [0.2, 0.25) is 0 Å². The maximum Gasteiger partial charge on any atom is 0.275 e. The highest BCUT2D eigenvalue weighted by atomic mass is 16.2. The van der Waals surface area contributed by atoms with Gasteiger partial charge >= 0.3 is 0 Å². The van der Waals surface area contributed by atoms with Gasteiger partial charge in [0.25, 0.3) is 5.91 Å². The molecule has 2 aromatic rings. The van der Waals surface area contributed by atoms with E-state index in [0.29, 0.717) is 11.3 Å². The minimum atomic E-state index is -0.0533. The number of Topliss-reactive ketones (excluding diaryl/α,β-unsaturated/α-hetero) is 1. The summed E-state index contributed by atoms with van der Waals surface area (Å²) >= 11 is 0. The van der Waals surface area contributed by atoms with E-state index in [2.05, 4.69) is 6.07 Å². The van der Waals surface area contributed by atoms with Crippen molar-refractivity contribution < 1.29 is 9.59 Å². The fourth-order valence-corrected chi connectivity index (χ4v) is 2.97. The maximum absolute atomic E-state index is 12.9. The Morgan fingerprint density at radius 2 is 1.95 bits per heavy atom. The molecule has 1 aromatic heterocycles. The Balaban J connectivity index is 2.01. The van der Waals surface area contributed by atoms with Gasteiger partial charge in [0.05, 0.1) is 0 Å². The monoisotopic (exact) mass is 282 g/mol.